The summed E-state index contributed by atoms with van der Waals surface area (Å²) < 4.78 is 27.3. The predicted octanol–water partition coefficient (Wildman–Crippen LogP) is 3.18. The van der Waals surface area contributed by atoms with E-state index in [-0.39, 0.29) is 36.8 Å². The first-order valence-electron chi connectivity index (χ1n) is 12.1. The molecular formula is C27H33N3O4S2. The van der Waals surface area contributed by atoms with E-state index < -0.39 is 10.0 Å². The Balaban J connectivity index is 1.35. The van der Waals surface area contributed by atoms with Crippen LogP contribution in [0.15, 0.2) is 72.1 Å². The Bertz CT molecular complexity index is 1220. The van der Waals surface area contributed by atoms with Gasteiger partial charge < -0.3 is 10.0 Å². The van der Waals surface area contributed by atoms with Crippen molar-refractivity contribution in [3.8, 4) is 0 Å². The van der Waals surface area contributed by atoms with E-state index in [0.29, 0.717) is 13.1 Å². The zero-order valence-corrected chi connectivity index (χ0v) is 22.0. The number of likely N-dealkylation sites (N-methyl/N-ethyl adjacent to an activating group) is 1. The van der Waals surface area contributed by atoms with E-state index in [9.17, 15) is 18.3 Å². The fraction of sp³-hybridized carbons (Fsp3) is 0.370. The average molecular weight is 528 g/mol. The van der Waals surface area contributed by atoms with E-state index in [2.05, 4.69) is 9.62 Å². The molecule has 0 bridgehead atoms. The van der Waals surface area contributed by atoms with Crippen LogP contribution in [0, 0.1) is 0 Å². The SMILES string of the molecule is CN(C(=O)Cc1ccc(CNS(=O)(=O)Cc2cccs2)cc1)[C@H](CN1CC[C@H](O)C1)c1ccccc1. The number of hydrogen-bond donors (Lipinski definition) is 2. The van der Waals surface area contributed by atoms with E-state index in [4.69, 9.17) is 0 Å². The Hall–Kier alpha value is -2.56. The molecule has 1 fully saturated rings. The highest BCUT2D eigenvalue weighted by molar-refractivity contribution is 7.88. The van der Waals surface area contributed by atoms with Crippen molar-refractivity contribution in [2.75, 3.05) is 26.7 Å². The fourth-order valence-electron chi connectivity index (χ4n) is 4.42. The first-order chi connectivity index (χ1) is 17.3. The lowest BCUT2D eigenvalue weighted by atomic mass is 10.0. The lowest BCUT2D eigenvalue weighted by molar-refractivity contribution is -0.131. The lowest BCUT2D eigenvalue weighted by Gasteiger charge is -2.32. The molecule has 7 nitrogen and oxygen atoms in total. The number of aliphatic hydroxyl groups excluding tert-OH is 1. The molecule has 1 saturated heterocycles. The maximum atomic E-state index is 13.2. The molecule has 2 N–H and O–H groups in total. The van der Waals surface area contributed by atoms with Crippen LogP contribution >= 0.6 is 11.3 Å². The largest absolute Gasteiger partial charge is 0.392 e. The van der Waals surface area contributed by atoms with E-state index in [1.165, 1.54) is 11.3 Å². The third-order valence-electron chi connectivity index (χ3n) is 6.51. The summed E-state index contributed by atoms with van der Waals surface area (Å²) in [5.74, 6) is -0.0178. The van der Waals surface area contributed by atoms with Crippen molar-refractivity contribution < 1.29 is 18.3 Å². The number of thiophene rings is 1. The quantitative estimate of drug-likeness (QED) is 0.400. The molecule has 36 heavy (non-hydrogen) atoms. The second-order valence-electron chi connectivity index (χ2n) is 9.29. The van der Waals surface area contributed by atoms with Crippen LogP contribution in [0.3, 0.4) is 0 Å². The first-order valence-corrected chi connectivity index (χ1v) is 14.6. The monoisotopic (exact) mass is 527 g/mol. The van der Waals surface area contributed by atoms with Crippen LogP contribution in [-0.4, -0.2) is 62.0 Å². The standard InChI is InChI=1S/C27H33N3O4S2/c1-29(26(23-6-3-2-4-7-23)19-30-14-13-24(31)18-30)27(32)16-21-9-11-22(12-10-21)17-28-36(33,34)20-25-8-5-15-35-25/h2-12,15,24,26,28,31H,13-14,16-20H2,1H3/t24-,26+/m0/s1. The molecule has 0 aliphatic carbocycles. The van der Waals surface area contributed by atoms with Crippen molar-refractivity contribution in [3.05, 3.63) is 93.7 Å². The predicted molar refractivity (Wildman–Crippen MR) is 143 cm³/mol. The molecule has 0 spiro atoms. The summed E-state index contributed by atoms with van der Waals surface area (Å²) in [5.41, 5.74) is 2.78. The lowest BCUT2D eigenvalue weighted by Crippen LogP contribution is -2.39. The van der Waals surface area contributed by atoms with Gasteiger partial charge in [-0.25, -0.2) is 13.1 Å². The van der Waals surface area contributed by atoms with Gasteiger partial charge in [0.05, 0.1) is 24.3 Å². The minimum absolute atomic E-state index is 0.00741. The van der Waals surface area contributed by atoms with E-state index in [1.54, 1.807) is 4.90 Å². The number of benzene rings is 2. The molecule has 2 heterocycles. The van der Waals surface area contributed by atoms with Gasteiger partial charge in [0.1, 0.15) is 0 Å². The molecule has 0 unspecified atom stereocenters. The van der Waals surface area contributed by atoms with Crippen LogP contribution in [0.25, 0.3) is 0 Å². The molecule has 192 valence electrons. The number of amides is 1. The molecular weight excluding hydrogens is 494 g/mol. The van der Waals surface area contributed by atoms with Crippen LogP contribution in [0.1, 0.15) is 34.0 Å². The van der Waals surface area contributed by atoms with Crippen LogP contribution in [0.5, 0.6) is 0 Å². The maximum absolute atomic E-state index is 13.2. The molecule has 2 atom stereocenters. The molecule has 4 rings (SSSR count). The number of sulfonamides is 1. The van der Waals surface area contributed by atoms with Gasteiger partial charge in [-0.05, 0) is 34.6 Å². The van der Waals surface area contributed by atoms with Gasteiger partial charge in [0.2, 0.25) is 15.9 Å². The summed E-state index contributed by atoms with van der Waals surface area (Å²) in [6.07, 6.45) is 0.712. The third kappa shape index (κ3) is 7.47. The molecule has 2 aromatic carbocycles. The Labute approximate surface area is 217 Å². The second-order valence-corrected chi connectivity index (χ2v) is 12.1. The zero-order valence-electron chi connectivity index (χ0n) is 20.4. The average Bonchev–Trinajstić information content (AvgIpc) is 3.53. The van der Waals surface area contributed by atoms with Crippen LogP contribution < -0.4 is 4.72 Å². The maximum Gasteiger partial charge on any atom is 0.227 e. The molecule has 1 amide bonds. The normalized spacial score (nSPS) is 17.2. The summed E-state index contributed by atoms with van der Waals surface area (Å²) >= 11 is 1.42. The molecule has 1 aliphatic rings. The molecule has 0 saturated carbocycles. The highest BCUT2D eigenvalue weighted by Gasteiger charge is 2.28. The number of rotatable bonds is 11. The Morgan fingerprint density at radius 1 is 1.11 bits per heavy atom. The van der Waals surface area contributed by atoms with Crippen molar-refractivity contribution in [2.45, 2.75) is 37.3 Å². The molecule has 9 heteroatoms. The van der Waals surface area contributed by atoms with Crippen molar-refractivity contribution in [2.24, 2.45) is 0 Å². The van der Waals surface area contributed by atoms with Gasteiger partial charge in [0, 0.05) is 38.1 Å². The van der Waals surface area contributed by atoms with Gasteiger partial charge in [0.15, 0.2) is 0 Å². The van der Waals surface area contributed by atoms with Gasteiger partial charge in [-0.2, -0.15) is 0 Å². The number of nitrogens with zero attached hydrogens (tertiary/aromatic N) is 2. The highest BCUT2D eigenvalue weighted by Crippen LogP contribution is 2.24. The van der Waals surface area contributed by atoms with E-state index in [0.717, 1.165) is 34.5 Å². The Morgan fingerprint density at radius 3 is 2.47 bits per heavy atom. The van der Waals surface area contributed by atoms with Gasteiger partial charge in [-0.3, -0.25) is 9.69 Å². The van der Waals surface area contributed by atoms with Gasteiger partial charge in [-0.15, -0.1) is 11.3 Å². The summed E-state index contributed by atoms with van der Waals surface area (Å²) in [6.45, 7) is 2.34. The van der Waals surface area contributed by atoms with Crippen molar-refractivity contribution in [1.82, 2.24) is 14.5 Å². The van der Waals surface area contributed by atoms with Gasteiger partial charge >= 0.3 is 0 Å². The van der Waals surface area contributed by atoms with Gasteiger partial charge in [-0.1, -0.05) is 60.7 Å². The number of hydrogen-bond acceptors (Lipinski definition) is 6. The minimum Gasteiger partial charge on any atom is -0.392 e. The van der Waals surface area contributed by atoms with E-state index >= 15 is 0 Å². The smallest absolute Gasteiger partial charge is 0.227 e. The first kappa shape index (κ1) is 26.5. The number of aliphatic hydroxyl groups is 1. The van der Waals surface area contributed by atoms with Crippen LogP contribution in [-0.2, 0) is 33.5 Å². The summed E-state index contributed by atoms with van der Waals surface area (Å²) in [6, 6.07) is 21.0. The number of carbonyl (C=O) groups is 1. The highest BCUT2D eigenvalue weighted by atomic mass is 32.2. The number of carbonyl (C=O) groups excluding carboxylic acids is 1. The number of β-amino-alcohol motifs (C(OH)–C–C–N with tert-alkyl or cyclic N) is 1. The summed E-state index contributed by atoms with van der Waals surface area (Å²) in [7, 11) is -1.58. The minimum atomic E-state index is -3.41. The second kappa shape index (κ2) is 12.1. The molecule has 3 aromatic rings. The molecule has 1 aromatic heterocycles. The van der Waals surface area contributed by atoms with Crippen LogP contribution in [0.2, 0.25) is 0 Å². The van der Waals surface area contributed by atoms with Crippen molar-refractivity contribution in [3.63, 3.8) is 0 Å². The number of nitrogens with one attached hydrogen (secondary N) is 1. The topological polar surface area (TPSA) is 90.0 Å². The van der Waals surface area contributed by atoms with Crippen molar-refractivity contribution >= 4 is 27.3 Å². The number of likely N-dealkylation sites (tertiary alicyclic amines) is 1. The fourth-order valence-corrected chi connectivity index (χ4v) is 6.61. The van der Waals surface area contributed by atoms with Gasteiger partial charge in [0.25, 0.3) is 0 Å². The Kier molecular flexibility index (Phi) is 8.92. The third-order valence-corrected chi connectivity index (χ3v) is 8.85. The van der Waals surface area contributed by atoms with E-state index in [1.807, 2.05) is 79.2 Å². The summed E-state index contributed by atoms with van der Waals surface area (Å²) in [4.78, 5) is 18.0. The molecule has 0 radical (unpaired) electrons. The van der Waals surface area contributed by atoms with Crippen LogP contribution in [0.4, 0.5) is 0 Å². The van der Waals surface area contributed by atoms with Crippen molar-refractivity contribution in [1.29, 1.82) is 0 Å². The summed E-state index contributed by atoms with van der Waals surface area (Å²) in [5, 5.41) is 11.8. The molecule has 1 aliphatic heterocycles. The zero-order chi connectivity index (χ0) is 25.5. The Morgan fingerprint density at radius 2 is 1.83 bits per heavy atom.